The maximum absolute atomic E-state index is 13.1. The third-order valence-corrected chi connectivity index (χ3v) is 5.81. The Morgan fingerprint density at radius 1 is 1.00 bits per heavy atom. The largest absolute Gasteiger partial charge is 0.467 e. The minimum atomic E-state index is -3.93. The molecule has 0 aliphatic rings. The Morgan fingerprint density at radius 2 is 1.70 bits per heavy atom. The molecule has 27 heavy (non-hydrogen) atoms. The maximum Gasteiger partial charge on any atom is 0.264 e. The van der Waals surface area contributed by atoms with Crippen LogP contribution in [0.3, 0.4) is 0 Å². The van der Waals surface area contributed by atoms with Crippen molar-refractivity contribution in [3.05, 3.63) is 83.8 Å². The lowest BCUT2D eigenvalue weighted by molar-refractivity contribution is -0.119. The fourth-order valence-corrected chi connectivity index (χ4v) is 4.00. The highest BCUT2D eigenvalue weighted by molar-refractivity contribution is 7.92. The fourth-order valence-electron chi connectivity index (χ4n) is 2.43. The summed E-state index contributed by atoms with van der Waals surface area (Å²) in [6, 6.07) is 17.6. The lowest BCUT2D eigenvalue weighted by Crippen LogP contribution is -2.40. The second kappa shape index (κ2) is 8.28. The van der Waals surface area contributed by atoms with Crippen LogP contribution in [0.2, 0.25) is 5.02 Å². The van der Waals surface area contributed by atoms with Gasteiger partial charge in [-0.15, -0.1) is 0 Å². The molecule has 0 radical (unpaired) electrons. The zero-order valence-electron chi connectivity index (χ0n) is 14.2. The van der Waals surface area contributed by atoms with Gasteiger partial charge in [-0.3, -0.25) is 9.10 Å². The van der Waals surface area contributed by atoms with Crippen molar-refractivity contribution in [3.63, 3.8) is 0 Å². The Morgan fingerprint density at radius 3 is 2.33 bits per heavy atom. The minimum Gasteiger partial charge on any atom is -0.467 e. The molecule has 0 bridgehead atoms. The number of amides is 1. The molecule has 1 amide bonds. The number of hydrogen-bond donors (Lipinski definition) is 1. The van der Waals surface area contributed by atoms with E-state index in [1.54, 1.807) is 54.6 Å². The average molecular weight is 405 g/mol. The molecular formula is C19H17ClN2O4S. The van der Waals surface area contributed by atoms with Crippen LogP contribution in [-0.2, 0) is 21.4 Å². The lowest BCUT2D eigenvalue weighted by atomic mass is 10.3. The second-order valence-corrected chi connectivity index (χ2v) is 7.96. The summed E-state index contributed by atoms with van der Waals surface area (Å²) in [5, 5.41) is 3.13. The number of anilines is 1. The van der Waals surface area contributed by atoms with Gasteiger partial charge in [0.15, 0.2) is 0 Å². The molecule has 3 rings (SSSR count). The number of rotatable bonds is 7. The van der Waals surface area contributed by atoms with Gasteiger partial charge >= 0.3 is 0 Å². The van der Waals surface area contributed by atoms with Crippen LogP contribution in [0, 0.1) is 0 Å². The zero-order valence-corrected chi connectivity index (χ0v) is 15.8. The predicted molar refractivity (Wildman–Crippen MR) is 103 cm³/mol. The van der Waals surface area contributed by atoms with Gasteiger partial charge in [-0.2, -0.15) is 0 Å². The number of hydrogen-bond acceptors (Lipinski definition) is 4. The van der Waals surface area contributed by atoms with E-state index in [2.05, 4.69) is 5.32 Å². The van der Waals surface area contributed by atoms with Crippen molar-refractivity contribution in [2.24, 2.45) is 0 Å². The van der Waals surface area contributed by atoms with E-state index in [1.165, 1.54) is 18.4 Å². The number of nitrogens with one attached hydrogen (secondary N) is 1. The first-order valence-corrected chi connectivity index (χ1v) is 9.91. The highest BCUT2D eigenvalue weighted by Crippen LogP contribution is 2.25. The number of carbonyl (C=O) groups is 1. The minimum absolute atomic E-state index is 0.0961. The molecule has 1 aromatic heterocycles. The number of sulfonamides is 1. The van der Waals surface area contributed by atoms with Gasteiger partial charge in [-0.25, -0.2) is 8.42 Å². The van der Waals surface area contributed by atoms with Crippen molar-refractivity contribution in [1.29, 1.82) is 0 Å². The van der Waals surface area contributed by atoms with Crippen LogP contribution >= 0.6 is 11.6 Å². The Bertz CT molecular complexity index is 988. The van der Waals surface area contributed by atoms with E-state index in [-0.39, 0.29) is 18.0 Å². The van der Waals surface area contributed by atoms with Crippen LogP contribution in [-0.4, -0.2) is 20.9 Å². The van der Waals surface area contributed by atoms with Gasteiger partial charge in [0.25, 0.3) is 10.0 Å². The molecule has 0 spiro atoms. The topological polar surface area (TPSA) is 79.6 Å². The highest BCUT2D eigenvalue weighted by atomic mass is 35.5. The number of carbonyl (C=O) groups excluding carboxylic acids is 1. The van der Waals surface area contributed by atoms with Gasteiger partial charge in [-0.1, -0.05) is 29.8 Å². The first-order valence-electron chi connectivity index (χ1n) is 8.09. The lowest BCUT2D eigenvalue weighted by Gasteiger charge is -2.24. The molecule has 0 aliphatic carbocycles. The number of furan rings is 1. The van der Waals surface area contributed by atoms with E-state index >= 15 is 0 Å². The molecule has 0 atom stereocenters. The van der Waals surface area contributed by atoms with Crippen molar-refractivity contribution in [2.75, 3.05) is 10.8 Å². The molecular weight excluding hydrogens is 388 g/mol. The summed E-state index contributed by atoms with van der Waals surface area (Å²) >= 11 is 5.90. The van der Waals surface area contributed by atoms with Crippen LogP contribution in [0.25, 0.3) is 0 Å². The third kappa shape index (κ3) is 4.69. The molecule has 6 nitrogen and oxygen atoms in total. The standard InChI is InChI=1S/C19H17ClN2O4S/c20-15-8-10-16(11-9-15)22(27(24,25)18-6-2-1-3-7-18)14-19(23)21-13-17-5-4-12-26-17/h1-12H,13-14H2,(H,21,23). The molecule has 3 aromatic rings. The Labute approximate surface area is 162 Å². The first-order chi connectivity index (χ1) is 13.0. The van der Waals surface area contributed by atoms with Crippen LogP contribution < -0.4 is 9.62 Å². The summed E-state index contributed by atoms with van der Waals surface area (Å²) in [5.74, 6) is 0.119. The van der Waals surface area contributed by atoms with Crippen molar-refractivity contribution in [3.8, 4) is 0 Å². The molecule has 8 heteroatoms. The Hall–Kier alpha value is -2.77. The first kappa shape index (κ1) is 19.0. The van der Waals surface area contributed by atoms with Crippen LogP contribution in [0.1, 0.15) is 5.76 Å². The SMILES string of the molecule is O=C(CN(c1ccc(Cl)cc1)S(=O)(=O)c1ccccc1)NCc1ccco1. The Kier molecular flexibility index (Phi) is 5.83. The summed E-state index contributed by atoms with van der Waals surface area (Å²) in [6.07, 6.45) is 1.50. The van der Waals surface area contributed by atoms with Gasteiger partial charge in [0.05, 0.1) is 23.4 Å². The number of halogens is 1. The third-order valence-electron chi connectivity index (χ3n) is 3.77. The summed E-state index contributed by atoms with van der Waals surface area (Å²) in [6.45, 7) is -0.203. The van der Waals surface area contributed by atoms with E-state index in [0.29, 0.717) is 16.5 Å². The zero-order chi connectivity index (χ0) is 19.3. The van der Waals surface area contributed by atoms with Crippen LogP contribution in [0.5, 0.6) is 0 Å². The van der Waals surface area contributed by atoms with Crippen molar-refractivity contribution >= 4 is 33.2 Å². The summed E-state index contributed by atoms with van der Waals surface area (Å²) < 4.78 is 32.4. The highest BCUT2D eigenvalue weighted by Gasteiger charge is 2.27. The molecule has 0 aliphatic heterocycles. The van der Waals surface area contributed by atoms with E-state index in [0.717, 1.165) is 4.31 Å². The van der Waals surface area contributed by atoms with Gasteiger partial charge in [0, 0.05) is 5.02 Å². The van der Waals surface area contributed by atoms with Crippen LogP contribution in [0.15, 0.2) is 82.3 Å². The maximum atomic E-state index is 13.1. The van der Waals surface area contributed by atoms with Crippen molar-refractivity contribution in [1.82, 2.24) is 5.32 Å². The molecule has 140 valence electrons. The normalized spacial score (nSPS) is 11.1. The number of benzene rings is 2. The molecule has 0 unspecified atom stereocenters. The van der Waals surface area contributed by atoms with Gasteiger partial charge in [-0.05, 0) is 48.5 Å². The van der Waals surface area contributed by atoms with Crippen molar-refractivity contribution in [2.45, 2.75) is 11.4 Å². The molecule has 0 fully saturated rings. The van der Waals surface area contributed by atoms with E-state index in [4.69, 9.17) is 16.0 Å². The molecule has 0 saturated carbocycles. The quantitative estimate of drug-likeness (QED) is 0.654. The number of nitrogens with zero attached hydrogens (tertiary/aromatic N) is 1. The van der Waals surface area contributed by atoms with Crippen LogP contribution in [0.4, 0.5) is 5.69 Å². The van der Waals surface area contributed by atoms with E-state index in [9.17, 15) is 13.2 Å². The monoisotopic (exact) mass is 404 g/mol. The summed E-state index contributed by atoms with van der Waals surface area (Å²) in [4.78, 5) is 12.5. The second-order valence-electron chi connectivity index (χ2n) is 5.66. The summed E-state index contributed by atoms with van der Waals surface area (Å²) in [7, 11) is -3.93. The van der Waals surface area contributed by atoms with Crippen molar-refractivity contribution < 1.29 is 17.6 Å². The molecule has 2 aromatic carbocycles. The average Bonchev–Trinajstić information content (AvgIpc) is 3.19. The molecule has 1 N–H and O–H groups in total. The van der Waals surface area contributed by atoms with E-state index < -0.39 is 15.9 Å². The fraction of sp³-hybridized carbons (Fsp3) is 0.105. The van der Waals surface area contributed by atoms with Gasteiger partial charge < -0.3 is 9.73 Å². The summed E-state index contributed by atoms with van der Waals surface area (Å²) in [5.41, 5.74) is 0.344. The molecule has 0 saturated heterocycles. The van der Waals surface area contributed by atoms with E-state index in [1.807, 2.05) is 0 Å². The van der Waals surface area contributed by atoms with Gasteiger partial charge in [0.2, 0.25) is 5.91 Å². The smallest absolute Gasteiger partial charge is 0.264 e. The predicted octanol–water partition coefficient (Wildman–Crippen LogP) is 3.44. The Balaban J connectivity index is 1.86. The van der Waals surface area contributed by atoms with Gasteiger partial charge in [0.1, 0.15) is 12.3 Å². The molecule has 1 heterocycles.